The monoisotopic (exact) mass is 308 g/mol. The van der Waals surface area contributed by atoms with Crippen LogP contribution >= 0.6 is 0 Å². The number of hydrogen-bond acceptors (Lipinski definition) is 2. The minimum absolute atomic E-state index is 0.0434. The van der Waals surface area contributed by atoms with Gasteiger partial charge >= 0.3 is 0 Å². The third kappa shape index (κ3) is 4.23. The lowest BCUT2D eigenvalue weighted by atomic mass is 9.81. The van der Waals surface area contributed by atoms with E-state index in [2.05, 4.69) is 34.6 Å². The molecule has 2 rings (SSSR count). The first-order chi connectivity index (χ1) is 10.2. The second kappa shape index (κ2) is 6.59. The maximum absolute atomic E-state index is 12.5. The molecule has 0 saturated carbocycles. The van der Waals surface area contributed by atoms with E-state index in [0.717, 1.165) is 32.5 Å². The van der Waals surface area contributed by atoms with Gasteiger partial charge in [0.2, 0.25) is 11.8 Å². The lowest BCUT2D eigenvalue weighted by molar-refractivity contribution is -0.136. The molecule has 0 unspecified atom stereocenters. The molecule has 0 spiro atoms. The molecule has 2 atom stereocenters. The number of hydrogen-bond donors (Lipinski definition) is 0. The summed E-state index contributed by atoms with van der Waals surface area (Å²) in [4.78, 5) is 28.9. The van der Waals surface area contributed by atoms with Crippen LogP contribution in [0.4, 0.5) is 0 Å². The van der Waals surface area contributed by atoms with Gasteiger partial charge in [0.1, 0.15) is 0 Å². The number of fused-ring (bicyclic) bond motifs is 1. The van der Waals surface area contributed by atoms with E-state index >= 15 is 0 Å². The molecule has 2 saturated heterocycles. The lowest BCUT2D eigenvalue weighted by Gasteiger charge is -2.38. The molecule has 0 aromatic carbocycles. The third-order valence-electron chi connectivity index (χ3n) is 5.05. The summed E-state index contributed by atoms with van der Waals surface area (Å²) in [6.07, 6.45) is 3.30. The van der Waals surface area contributed by atoms with Crippen LogP contribution in [0.3, 0.4) is 0 Å². The molecular weight excluding hydrogens is 276 g/mol. The predicted octanol–water partition coefficient (Wildman–Crippen LogP) is 2.92. The Morgan fingerprint density at radius 2 is 1.82 bits per heavy atom. The SMILES string of the molecule is CC(C)N1CC[C@H]2CN(C(=O)CC(C)(C)C)CC[C@H]2CC1=O. The highest BCUT2D eigenvalue weighted by atomic mass is 16.2. The van der Waals surface area contributed by atoms with Crippen molar-refractivity contribution in [1.29, 1.82) is 0 Å². The highest BCUT2D eigenvalue weighted by molar-refractivity contribution is 5.78. The Kier molecular flexibility index (Phi) is 5.18. The van der Waals surface area contributed by atoms with Crippen LogP contribution in [0.15, 0.2) is 0 Å². The molecule has 0 N–H and O–H groups in total. The summed E-state index contributed by atoms with van der Waals surface area (Å²) < 4.78 is 0. The Morgan fingerprint density at radius 1 is 1.18 bits per heavy atom. The smallest absolute Gasteiger partial charge is 0.223 e. The van der Waals surface area contributed by atoms with Crippen LogP contribution in [-0.4, -0.2) is 47.3 Å². The lowest BCUT2D eigenvalue weighted by Crippen LogP contribution is -2.44. The number of carbonyl (C=O) groups excluding carboxylic acids is 2. The summed E-state index contributed by atoms with van der Waals surface area (Å²) in [6, 6.07) is 0.284. The fraction of sp³-hybridized carbons (Fsp3) is 0.889. The Hall–Kier alpha value is -1.06. The van der Waals surface area contributed by atoms with Crippen molar-refractivity contribution in [2.24, 2.45) is 17.3 Å². The van der Waals surface area contributed by atoms with Crippen molar-refractivity contribution < 1.29 is 9.59 Å². The summed E-state index contributed by atoms with van der Waals surface area (Å²) in [5, 5.41) is 0. The fourth-order valence-corrected chi connectivity index (χ4v) is 3.79. The zero-order valence-corrected chi connectivity index (χ0v) is 14.9. The van der Waals surface area contributed by atoms with Crippen molar-refractivity contribution in [2.45, 2.75) is 66.3 Å². The van der Waals surface area contributed by atoms with Crippen LogP contribution in [0.25, 0.3) is 0 Å². The first kappa shape index (κ1) is 17.3. The largest absolute Gasteiger partial charge is 0.342 e. The Bertz CT molecular complexity index is 425. The first-order valence-electron chi connectivity index (χ1n) is 8.74. The van der Waals surface area contributed by atoms with Crippen LogP contribution in [0.2, 0.25) is 0 Å². The normalized spacial score (nSPS) is 26.9. The predicted molar refractivity (Wildman–Crippen MR) is 88.3 cm³/mol. The van der Waals surface area contributed by atoms with Gasteiger partial charge in [-0.05, 0) is 43.9 Å². The van der Waals surface area contributed by atoms with E-state index in [9.17, 15) is 9.59 Å². The van der Waals surface area contributed by atoms with Crippen LogP contribution in [0, 0.1) is 17.3 Å². The summed E-state index contributed by atoms with van der Waals surface area (Å²) in [5.74, 6) is 1.54. The fourth-order valence-electron chi connectivity index (χ4n) is 3.79. The van der Waals surface area contributed by atoms with Crippen LogP contribution in [0.5, 0.6) is 0 Å². The van der Waals surface area contributed by atoms with Gasteiger partial charge in [-0.1, -0.05) is 20.8 Å². The molecule has 0 aromatic heterocycles. The molecule has 0 bridgehead atoms. The maximum Gasteiger partial charge on any atom is 0.223 e. The average Bonchev–Trinajstić information content (AvgIpc) is 2.53. The van der Waals surface area contributed by atoms with E-state index in [1.165, 1.54) is 0 Å². The molecular formula is C18H32N2O2. The van der Waals surface area contributed by atoms with Crippen molar-refractivity contribution in [3.05, 3.63) is 0 Å². The molecule has 126 valence electrons. The molecule has 0 radical (unpaired) electrons. The van der Waals surface area contributed by atoms with Crippen molar-refractivity contribution in [1.82, 2.24) is 9.80 Å². The Labute approximate surface area is 135 Å². The Morgan fingerprint density at radius 3 is 2.41 bits per heavy atom. The van der Waals surface area contributed by atoms with Gasteiger partial charge in [-0.15, -0.1) is 0 Å². The van der Waals surface area contributed by atoms with E-state index < -0.39 is 0 Å². The Balaban J connectivity index is 1.98. The summed E-state index contributed by atoms with van der Waals surface area (Å²) >= 11 is 0. The zero-order valence-electron chi connectivity index (χ0n) is 14.9. The maximum atomic E-state index is 12.5. The molecule has 4 nitrogen and oxygen atoms in total. The number of piperidine rings is 1. The average molecular weight is 308 g/mol. The van der Waals surface area contributed by atoms with E-state index in [1.54, 1.807) is 0 Å². The molecule has 2 fully saturated rings. The number of nitrogens with zero attached hydrogens (tertiary/aromatic N) is 2. The number of likely N-dealkylation sites (tertiary alicyclic amines) is 2. The van der Waals surface area contributed by atoms with Crippen LogP contribution in [-0.2, 0) is 9.59 Å². The minimum atomic E-state index is 0.0434. The quantitative estimate of drug-likeness (QED) is 0.787. The van der Waals surface area contributed by atoms with Gasteiger partial charge in [0.25, 0.3) is 0 Å². The van der Waals surface area contributed by atoms with Gasteiger partial charge < -0.3 is 9.80 Å². The minimum Gasteiger partial charge on any atom is -0.342 e. The van der Waals surface area contributed by atoms with Gasteiger partial charge in [0, 0.05) is 38.5 Å². The van der Waals surface area contributed by atoms with E-state index in [0.29, 0.717) is 30.6 Å². The van der Waals surface area contributed by atoms with Crippen molar-refractivity contribution in [3.63, 3.8) is 0 Å². The third-order valence-corrected chi connectivity index (χ3v) is 5.05. The molecule has 4 heteroatoms. The molecule has 0 aromatic rings. The van der Waals surface area contributed by atoms with E-state index in [4.69, 9.17) is 0 Å². The van der Waals surface area contributed by atoms with Crippen molar-refractivity contribution >= 4 is 11.8 Å². The summed E-state index contributed by atoms with van der Waals surface area (Å²) in [6.45, 7) is 13.0. The summed E-state index contributed by atoms with van der Waals surface area (Å²) in [7, 11) is 0. The summed E-state index contributed by atoms with van der Waals surface area (Å²) in [5.41, 5.74) is 0.0434. The molecule has 0 aliphatic carbocycles. The molecule has 2 aliphatic rings. The van der Waals surface area contributed by atoms with Gasteiger partial charge in [0.05, 0.1) is 0 Å². The molecule has 2 amide bonds. The highest BCUT2D eigenvalue weighted by Crippen LogP contribution is 2.33. The van der Waals surface area contributed by atoms with Gasteiger partial charge in [-0.25, -0.2) is 0 Å². The van der Waals surface area contributed by atoms with Crippen LogP contribution < -0.4 is 0 Å². The highest BCUT2D eigenvalue weighted by Gasteiger charge is 2.37. The number of amides is 2. The molecule has 2 heterocycles. The van der Waals surface area contributed by atoms with E-state index in [1.807, 2.05) is 9.80 Å². The zero-order chi connectivity index (χ0) is 16.5. The topological polar surface area (TPSA) is 40.6 Å². The van der Waals surface area contributed by atoms with Crippen LogP contribution in [0.1, 0.15) is 60.3 Å². The number of rotatable bonds is 2. The van der Waals surface area contributed by atoms with Gasteiger partial charge in [0.15, 0.2) is 0 Å². The second-order valence-corrected chi connectivity index (χ2v) is 8.56. The van der Waals surface area contributed by atoms with E-state index in [-0.39, 0.29) is 17.4 Å². The molecule has 22 heavy (non-hydrogen) atoms. The van der Waals surface area contributed by atoms with Crippen molar-refractivity contribution in [2.75, 3.05) is 19.6 Å². The van der Waals surface area contributed by atoms with Crippen molar-refractivity contribution in [3.8, 4) is 0 Å². The van der Waals surface area contributed by atoms with Gasteiger partial charge in [-0.3, -0.25) is 9.59 Å². The van der Waals surface area contributed by atoms with Gasteiger partial charge in [-0.2, -0.15) is 0 Å². The first-order valence-corrected chi connectivity index (χ1v) is 8.74. The second-order valence-electron chi connectivity index (χ2n) is 8.56. The number of carbonyl (C=O) groups is 2. The molecule has 2 aliphatic heterocycles. The standard InChI is InChI=1S/C18H32N2O2/c1-13(2)20-9-7-15-12-19(17(22)11-18(3,4)5)8-6-14(15)10-16(20)21/h13-15H,6-12H2,1-5H3/t14-,15-/m0/s1.